The molecule has 5 nitrogen and oxygen atoms in total. The van der Waals surface area contributed by atoms with E-state index in [1.54, 1.807) is 56.7 Å². The van der Waals surface area contributed by atoms with E-state index in [4.69, 9.17) is 25.8 Å². The number of carbonyl (C=O) groups excluding carboxylic acids is 1. The number of amides is 1. The van der Waals surface area contributed by atoms with Crippen molar-refractivity contribution in [1.29, 1.82) is 0 Å². The maximum atomic E-state index is 12.4. The summed E-state index contributed by atoms with van der Waals surface area (Å²) in [5, 5.41) is 3.44. The standard InChI is InChI=1S/C18H20ClNO4/c1-4-15(24-14-8-5-12(19)6-9-14)18(21)20-13-7-10-16(22-2)17(11-13)23-3/h5-11,15H,4H2,1-3H3,(H,20,21)/t15-/m1/s1. The van der Waals surface area contributed by atoms with Gasteiger partial charge in [-0.25, -0.2) is 0 Å². The van der Waals surface area contributed by atoms with E-state index in [-0.39, 0.29) is 5.91 Å². The van der Waals surface area contributed by atoms with Crippen molar-refractivity contribution in [2.24, 2.45) is 0 Å². The summed E-state index contributed by atoms with van der Waals surface area (Å²) in [6, 6.07) is 12.1. The molecular formula is C18H20ClNO4. The average molecular weight is 350 g/mol. The quantitative estimate of drug-likeness (QED) is 0.815. The summed E-state index contributed by atoms with van der Waals surface area (Å²) in [7, 11) is 3.10. The number of anilines is 1. The van der Waals surface area contributed by atoms with Gasteiger partial charge in [-0.05, 0) is 42.8 Å². The molecule has 0 fully saturated rings. The fraction of sp³-hybridized carbons (Fsp3) is 0.278. The second-order valence-corrected chi connectivity index (χ2v) is 5.46. The summed E-state index contributed by atoms with van der Waals surface area (Å²) in [6.07, 6.45) is -0.0823. The zero-order chi connectivity index (χ0) is 17.5. The van der Waals surface area contributed by atoms with Crippen molar-refractivity contribution in [2.45, 2.75) is 19.4 Å². The number of carbonyl (C=O) groups is 1. The zero-order valence-corrected chi connectivity index (χ0v) is 14.6. The summed E-state index contributed by atoms with van der Waals surface area (Å²) in [5.41, 5.74) is 0.607. The van der Waals surface area contributed by atoms with Crippen LogP contribution >= 0.6 is 11.6 Å². The van der Waals surface area contributed by atoms with E-state index in [1.807, 2.05) is 6.92 Å². The Bertz CT molecular complexity index is 688. The van der Waals surface area contributed by atoms with Crippen molar-refractivity contribution in [2.75, 3.05) is 19.5 Å². The Balaban J connectivity index is 2.07. The van der Waals surface area contributed by atoms with Gasteiger partial charge in [-0.1, -0.05) is 18.5 Å². The lowest BCUT2D eigenvalue weighted by atomic mass is 10.2. The molecule has 6 heteroatoms. The monoisotopic (exact) mass is 349 g/mol. The van der Waals surface area contributed by atoms with Gasteiger partial charge in [-0.2, -0.15) is 0 Å². The van der Waals surface area contributed by atoms with Crippen molar-refractivity contribution in [1.82, 2.24) is 0 Å². The van der Waals surface area contributed by atoms with Gasteiger partial charge >= 0.3 is 0 Å². The van der Waals surface area contributed by atoms with Crippen molar-refractivity contribution in [3.8, 4) is 17.2 Å². The number of ether oxygens (including phenoxy) is 3. The van der Waals surface area contributed by atoms with Gasteiger partial charge in [-0.3, -0.25) is 4.79 Å². The number of benzene rings is 2. The molecule has 128 valence electrons. The van der Waals surface area contributed by atoms with Crippen molar-refractivity contribution >= 4 is 23.2 Å². The number of nitrogens with one attached hydrogen (secondary N) is 1. The highest BCUT2D eigenvalue weighted by Gasteiger charge is 2.19. The molecule has 1 atom stereocenters. The molecule has 0 saturated carbocycles. The van der Waals surface area contributed by atoms with E-state index in [1.165, 1.54) is 0 Å². The van der Waals surface area contributed by atoms with Crippen LogP contribution in [0.1, 0.15) is 13.3 Å². The van der Waals surface area contributed by atoms with Crippen LogP contribution in [0.4, 0.5) is 5.69 Å². The Kier molecular flexibility index (Phi) is 6.32. The van der Waals surface area contributed by atoms with Gasteiger partial charge in [-0.15, -0.1) is 0 Å². The van der Waals surface area contributed by atoms with Gasteiger partial charge in [0.25, 0.3) is 5.91 Å². The topological polar surface area (TPSA) is 56.8 Å². The van der Waals surface area contributed by atoms with Crippen molar-refractivity contribution in [3.05, 3.63) is 47.5 Å². The van der Waals surface area contributed by atoms with E-state index in [9.17, 15) is 4.79 Å². The van der Waals surface area contributed by atoms with Gasteiger partial charge in [0.05, 0.1) is 14.2 Å². The molecule has 0 aliphatic carbocycles. The molecule has 0 saturated heterocycles. The minimum Gasteiger partial charge on any atom is -0.493 e. The maximum Gasteiger partial charge on any atom is 0.265 e. The number of hydrogen-bond donors (Lipinski definition) is 1. The largest absolute Gasteiger partial charge is 0.493 e. The van der Waals surface area contributed by atoms with Crippen LogP contribution in [0.25, 0.3) is 0 Å². The van der Waals surface area contributed by atoms with Crippen LogP contribution in [0.5, 0.6) is 17.2 Å². The molecule has 0 unspecified atom stereocenters. The first-order valence-electron chi connectivity index (χ1n) is 7.52. The van der Waals surface area contributed by atoms with Crippen LogP contribution < -0.4 is 19.5 Å². The first kappa shape index (κ1) is 17.9. The second kappa shape index (κ2) is 8.45. The fourth-order valence-electron chi connectivity index (χ4n) is 2.14. The highest BCUT2D eigenvalue weighted by atomic mass is 35.5. The van der Waals surface area contributed by atoms with Gasteiger partial charge in [0.2, 0.25) is 0 Å². The van der Waals surface area contributed by atoms with E-state index < -0.39 is 6.10 Å². The molecule has 0 heterocycles. The lowest BCUT2D eigenvalue weighted by molar-refractivity contribution is -0.122. The van der Waals surface area contributed by atoms with E-state index >= 15 is 0 Å². The van der Waals surface area contributed by atoms with Gasteiger partial charge in [0, 0.05) is 16.8 Å². The smallest absolute Gasteiger partial charge is 0.265 e. The van der Waals surface area contributed by atoms with Crippen LogP contribution in [-0.4, -0.2) is 26.2 Å². The lowest BCUT2D eigenvalue weighted by Gasteiger charge is -2.18. The Morgan fingerprint density at radius 1 is 1.08 bits per heavy atom. The molecule has 2 aromatic carbocycles. The Labute approximate surface area is 146 Å². The molecule has 0 radical (unpaired) electrons. The highest BCUT2D eigenvalue weighted by molar-refractivity contribution is 6.30. The minimum atomic E-state index is -0.612. The van der Waals surface area contributed by atoms with E-state index in [0.717, 1.165) is 0 Å². The molecule has 0 aromatic heterocycles. The molecular weight excluding hydrogens is 330 g/mol. The molecule has 0 spiro atoms. The second-order valence-electron chi connectivity index (χ2n) is 5.03. The third-order valence-electron chi connectivity index (χ3n) is 3.41. The molecule has 0 aliphatic rings. The molecule has 1 amide bonds. The predicted molar refractivity (Wildman–Crippen MR) is 94.3 cm³/mol. The third-order valence-corrected chi connectivity index (χ3v) is 3.66. The number of halogens is 1. The molecule has 0 aliphatic heterocycles. The molecule has 2 aromatic rings. The average Bonchev–Trinajstić information content (AvgIpc) is 2.60. The SMILES string of the molecule is CC[C@@H](Oc1ccc(Cl)cc1)C(=O)Nc1ccc(OC)c(OC)c1. The molecule has 24 heavy (non-hydrogen) atoms. The number of hydrogen-bond acceptors (Lipinski definition) is 4. The molecule has 2 rings (SSSR count). The summed E-state index contributed by atoms with van der Waals surface area (Å²) in [6.45, 7) is 1.88. The molecule has 1 N–H and O–H groups in total. The van der Waals surface area contributed by atoms with Crippen molar-refractivity contribution in [3.63, 3.8) is 0 Å². The van der Waals surface area contributed by atoms with E-state index in [2.05, 4.69) is 5.32 Å². The van der Waals surface area contributed by atoms with Gasteiger partial charge in [0.1, 0.15) is 5.75 Å². The summed E-state index contributed by atoms with van der Waals surface area (Å²) >= 11 is 5.85. The van der Waals surface area contributed by atoms with E-state index in [0.29, 0.717) is 34.4 Å². The predicted octanol–water partition coefficient (Wildman–Crippen LogP) is 4.15. The lowest BCUT2D eigenvalue weighted by Crippen LogP contribution is -2.32. The fourth-order valence-corrected chi connectivity index (χ4v) is 2.26. The van der Waals surface area contributed by atoms with Crippen LogP contribution in [0.3, 0.4) is 0 Å². The first-order valence-corrected chi connectivity index (χ1v) is 7.90. The third kappa shape index (κ3) is 4.55. The van der Waals surface area contributed by atoms with Gasteiger partial charge in [0.15, 0.2) is 17.6 Å². The minimum absolute atomic E-state index is 0.236. The Morgan fingerprint density at radius 2 is 1.75 bits per heavy atom. The van der Waals surface area contributed by atoms with Crippen LogP contribution in [0.2, 0.25) is 5.02 Å². The number of methoxy groups -OCH3 is 2. The normalized spacial score (nSPS) is 11.5. The maximum absolute atomic E-state index is 12.4. The van der Waals surface area contributed by atoms with Crippen LogP contribution in [0, 0.1) is 0 Å². The van der Waals surface area contributed by atoms with Gasteiger partial charge < -0.3 is 19.5 Å². The van der Waals surface area contributed by atoms with Crippen LogP contribution in [0.15, 0.2) is 42.5 Å². The Morgan fingerprint density at radius 3 is 2.33 bits per heavy atom. The summed E-state index contributed by atoms with van der Waals surface area (Å²) < 4.78 is 16.1. The molecule has 0 bridgehead atoms. The van der Waals surface area contributed by atoms with Crippen molar-refractivity contribution < 1.29 is 19.0 Å². The summed E-state index contributed by atoms with van der Waals surface area (Å²) in [4.78, 5) is 12.4. The number of rotatable bonds is 7. The Hall–Kier alpha value is -2.40. The highest BCUT2D eigenvalue weighted by Crippen LogP contribution is 2.30. The van der Waals surface area contributed by atoms with Crippen LogP contribution in [-0.2, 0) is 4.79 Å². The zero-order valence-electron chi connectivity index (χ0n) is 13.8. The first-order chi connectivity index (χ1) is 11.6. The summed E-state index contributed by atoms with van der Waals surface area (Å²) in [5.74, 6) is 1.50.